The van der Waals surface area contributed by atoms with Crippen LogP contribution in [0, 0.1) is 5.92 Å². The van der Waals surface area contributed by atoms with Crippen molar-refractivity contribution in [3.63, 3.8) is 0 Å². The third kappa shape index (κ3) is 1.79. The van der Waals surface area contributed by atoms with Crippen LogP contribution in [0.2, 0.25) is 0 Å². The highest BCUT2D eigenvalue weighted by Gasteiger charge is 2.26. The predicted molar refractivity (Wildman–Crippen MR) is 62.8 cm³/mol. The van der Waals surface area contributed by atoms with Crippen LogP contribution in [-0.4, -0.2) is 0 Å². The Kier molecular flexibility index (Phi) is 2.79. The fourth-order valence-corrected chi connectivity index (χ4v) is 2.53. The summed E-state index contributed by atoms with van der Waals surface area (Å²) < 4.78 is 1.04. The Morgan fingerprint density at radius 2 is 2.07 bits per heavy atom. The van der Waals surface area contributed by atoms with Crippen molar-refractivity contribution in [1.82, 2.24) is 0 Å². The van der Waals surface area contributed by atoms with Crippen molar-refractivity contribution < 1.29 is 0 Å². The van der Waals surface area contributed by atoms with Crippen LogP contribution in [-0.2, 0) is 0 Å². The Hall–Kier alpha value is -0.540. The third-order valence-corrected chi connectivity index (χ3v) is 3.73. The van der Waals surface area contributed by atoms with Crippen molar-refractivity contribution in [3.8, 4) is 0 Å². The van der Waals surface area contributed by atoms with E-state index in [4.69, 9.17) is 11.5 Å². The molecule has 0 unspecified atom stereocenters. The summed E-state index contributed by atoms with van der Waals surface area (Å²) in [5.74, 6) is 0.662. The lowest BCUT2D eigenvalue weighted by Gasteiger charge is -2.32. The highest BCUT2D eigenvalue weighted by Crippen LogP contribution is 2.38. The maximum absolute atomic E-state index is 6.18. The molecule has 1 aromatic carbocycles. The van der Waals surface area contributed by atoms with Crippen LogP contribution in [0.5, 0.6) is 0 Å². The van der Waals surface area contributed by atoms with Crippen molar-refractivity contribution >= 4 is 21.6 Å². The van der Waals surface area contributed by atoms with Gasteiger partial charge < -0.3 is 11.5 Å². The molecule has 0 aliphatic heterocycles. The fraction of sp³-hybridized carbons (Fsp3) is 0.455. The number of hydrogen-bond donors (Lipinski definition) is 2. The minimum atomic E-state index is 0.165. The van der Waals surface area contributed by atoms with Gasteiger partial charge in [-0.05, 0) is 36.5 Å². The monoisotopic (exact) mass is 254 g/mol. The van der Waals surface area contributed by atoms with Crippen molar-refractivity contribution in [3.05, 3.63) is 28.2 Å². The highest BCUT2D eigenvalue weighted by molar-refractivity contribution is 9.10. The summed E-state index contributed by atoms with van der Waals surface area (Å²) in [6.07, 6.45) is 3.85. The molecule has 4 N–H and O–H groups in total. The molecular formula is C11H15BrN2. The second-order valence-electron chi connectivity index (χ2n) is 4.00. The average Bonchev–Trinajstić information content (AvgIpc) is 2.00. The van der Waals surface area contributed by atoms with Gasteiger partial charge in [-0.15, -0.1) is 0 Å². The van der Waals surface area contributed by atoms with Crippen LogP contribution in [0.3, 0.4) is 0 Å². The molecule has 14 heavy (non-hydrogen) atoms. The first-order chi connectivity index (χ1) is 6.68. The molecule has 0 saturated heterocycles. The summed E-state index contributed by atoms with van der Waals surface area (Å²) in [7, 11) is 0. The molecule has 0 bridgehead atoms. The molecule has 1 fully saturated rings. The molecule has 0 spiro atoms. The molecule has 0 heterocycles. The molecule has 2 rings (SSSR count). The standard InChI is InChI=1S/C11H15BrN2/c12-10-6-8(13)4-5-9(10)11(14)7-2-1-3-7/h4-7,11H,1-3,13-14H2/t11-/m1/s1. The number of rotatable bonds is 2. The topological polar surface area (TPSA) is 52.0 Å². The molecule has 0 amide bonds. The molecule has 3 heteroatoms. The Bertz CT molecular complexity index is 334. The highest BCUT2D eigenvalue weighted by atomic mass is 79.9. The fourth-order valence-electron chi connectivity index (χ4n) is 1.87. The zero-order valence-corrected chi connectivity index (χ0v) is 9.63. The normalized spacial score (nSPS) is 19.0. The minimum absolute atomic E-state index is 0.165. The van der Waals surface area contributed by atoms with E-state index in [0.717, 1.165) is 10.2 Å². The number of benzene rings is 1. The zero-order valence-electron chi connectivity index (χ0n) is 8.04. The second-order valence-corrected chi connectivity index (χ2v) is 4.85. The molecule has 1 aromatic rings. The van der Waals surface area contributed by atoms with Gasteiger partial charge in [-0.25, -0.2) is 0 Å². The van der Waals surface area contributed by atoms with E-state index in [1.54, 1.807) is 0 Å². The molecule has 0 radical (unpaired) electrons. The maximum Gasteiger partial charge on any atom is 0.0334 e. The van der Waals surface area contributed by atoms with Gasteiger partial charge in [0.25, 0.3) is 0 Å². The van der Waals surface area contributed by atoms with Gasteiger partial charge >= 0.3 is 0 Å². The van der Waals surface area contributed by atoms with E-state index in [2.05, 4.69) is 15.9 Å². The quantitative estimate of drug-likeness (QED) is 0.798. The smallest absolute Gasteiger partial charge is 0.0334 e. The molecular weight excluding hydrogens is 240 g/mol. The van der Waals surface area contributed by atoms with E-state index in [-0.39, 0.29) is 6.04 Å². The summed E-state index contributed by atoms with van der Waals surface area (Å²) in [6.45, 7) is 0. The largest absolute Gasteiger partial charge is 0.399 e. The summed E-state index contributed by atoms with van der Waals surface area (Å²) >= 11 is 3.51. The summed E-state index contributed by atoms with van der Waals surface area (Å²) in [4.78, 5) is 0. The van der Waals surface area contributed by atoms with Gasteiger partial charge in [0.1, 0.15) is 0 Å². The van der Waals surface area contributed by atoms with Gasteiger partial charge in [-0.1, -0.05) is 28.4 Å². The van der Waals surface area contributed by atoms with Gasteiger partial charge in [0.15, 0.2) is 0 Å². The SMILES string of the molecule is Nc1ccc([C@H](N)C2CCC2)c(Br)c1. The van der Waals surface area contributed by atoms with Crippen LogP contribution in [0.4, 0.5) is 5.69 Å². The lowest BCUT2D eigenvalue weighted by molar-refractivity contribution is 0.264. The van der Waals surface area contributed by atoms with Crippen molar-refractivity contribution in [2.45, 2.75) is 25.3 Å². The Morgan fingerprint density at radius 3 is 2.57 bits per heavy atom. The van der Waals surface area contributed by atoms with E-state index in [1.165, 1.54) is 24.8 Å². The zero-order chi connectivity index (χ0) is 10.1. The molecule has 1 aliphatic carbocycles. The molecule has 1 saturated carbocycles. The number of anilines is 1. The second kappa shape index (κ2) is 3.91. The number of hydrogen-bond acceptors (Lipinski definition) is 2. The third-order valence-electron chi connectivity index (χ3n) is 3.04. The lowest BCUT2D eigenvalue weighted by atomic mass is 9.77. The van der Waals surface area contributed by atoms with E-state index < -0.39 is 0 Å². The molecule has 1 atom stereocenters. The number of nitrogen functional groups attached to an aromatic ring is 1. The predicted octanol–water partition coefficient (Wildman–Crippen LogP) is 2.83. The first-order valence-electron chi connectivity index (χ1n) is 4.99. The first kappa shape index (κ1) is 9.99. The van der Waals surface area contributed by atoms with Gasteiger partial charge in [0.05, 0.1) is 0 Å². The lowest BCUT2D eigenvalue weighted by Crippen LogP contribution is -2.27. The van der Waals surface area contributed by atoms with Gasteiger partial charge in [-0.2, -0.15) is 0 Å². The van der Waals surface area contributed by atoms with Gasteiger partial charge in [-0.3, -0.25) is 0 Å². The average molecular weight is 255 g/mol. The van der Waals surface area contributed by atoms with E-state index >= 15 is 0 Å². The molecule has 2 nitrogen and oxygen atoms in total. The van der Waals surface area contributed by atoms with Gasteiger partial charge in [0.2, 0.25) is 0 Å². The van der Waals surface area contributed by atoms with E-state index in [0.29, 0.717) is 5.92 Å². The minimum Gasteiger partial charge on any atom is -0.399 e. The van der Waals surface area contributed by atoms with Gasteiger partial charge in [0, 0.05) is 16.2 Å². The summed E-state index contributed by atoms with van der Waals surface area (Å²) in [5, 5.41) is 0. The Balaban J connectivity index is 2.22. The number of halogens is 1. The van der Waals surface area contributed by atoms with Crippen molar-refractivity contribution in [2.24, 2.45) is 11.7 Å². The maximum atomic E-state index is 6.18. The summed E-state index contributed by atoms with van der Waals surface area (Å²) in [6, 6.07) is 6.04. The van der Waals surface area contributed by atoms with E-state index in [9.17, 15) is 0 Å². The van der Waals surface area contributed by atoms with Crippen LogP contribution in [0.25, 0.3) is 0 Å². The van der Waals surface area contributed by atoms with Crippen LogP contribution < -0.4 is 11.5 Å². The van der Waals surface area contributed by atoms with Crippen LogP contribution >= 0.6 is 15.9 Å². The van der Waals surface area contributed by atoms with Crippen LogP contribution in [0.1, 0.15) is 30.9 Å². The Labute approximate surface area is 92.8 Å². The van der Waals surface area contributed by atoms with Crippen molar-refractivity contribution in [1.29, 1.82) is 0 Å². The molecule has 0 aromatic heterocycles. The molecule has 1 aliphatic rings. The first-order valence-corrected chi connectivity index (χ1v) is 5.78. The number of nitrogens with two attached hydrogens (primary N) is 2. The summed E-state index contributed by atoms with van der Waals surface area (Å²) in [5.41, 5.74) is 13.8. The van der Waals surface area contributed by atoms with E-state index in [1.807, 2.05) is 18.2 Å². The van der Waals surface area contributed by atoms with Crippen molar-refractivity contribution in [2.75, 3.05) is 5.73 Å². The van der Waals surface area contributed by atoms with Crippen LogP contribution in [0.15, 0.2) is 22.7 Å². The molecule has 76 valence electrons. The Morgan fingerprint density at radius 1 is 1.36 bits per heavy atom.